The maximum atomic E-state index is 13.4. The number of aromatic nitrogens is 1. The van der Waals surface area contributed by atoms with E-state index in [9.17, 15) is 14.7 Å². The van der Waals surface area contributed by atoms with Crippen LogP contribution in [0.3, 0.4) is 0 Å². The Hall–Kier alpha value is -1.57. The highest BCUT2D eigenvalue weighted by molar-refractivity contribution is 7.09. The highest BCUT2D eigenvalue weighted by Crippen LogP contribution is 2.45. The number of carbonyl (C=O) groups excluding carboxylic acids is 2. The summed E-state index contributed by atoms with van der Waals surface area (Å²) in [7, 11) is 0. The Morgan fingerprint density at radius 2 is 1.94 bits per heavy atom. The molecule has 0 aromatic carbocycles. The largest absolute Gasteiger partial charge is 0.392 e. The molecule has 1 aromatic heterocycles. The van der Waals surface area contributed by atoms with Crippen molar-refractivity contribution in [3.8, 4) is 0 Å². The highest BCUT2D eigenvalue weighted by Gasteiger charge is 2.52. The molecule has 0 spiro atoms. The van der Waals surface area contributed by atoms with Crippen LogP contribution in [-0.2, 0) is 14.3 Å². The molecule has 2 fully saturated rings. The first-order valence-electron chi connectivity index (χ1n) is 13.0. The van der Waals surface area contributed by atoms with Crippen molar-refractivity contribution in [2.24, 2.45) is 23.2 Å². The van der Waals surface area contributed by atoms with Gasteiger partial charge in [0.05, 0.1) is 46.4 Å². The van der Waals surface area contributed by atoms with Crippen LogP contribution in [0.4, 0.5) is 0 Å². The molecule has 1 aromatic rings. The number of ketones is 1. The van der Waals surface area contributed by atoms with Gasteiger partial charge in [-0.3, -0.25) is 9.59 Å². The van der Waals surface area contributed by atoms with Crippen LogP contribution in [0.2, 0.25) is 0 Å². The van der Waals surface area contributed by atoms with Crippen molar-refractivity contribution in [2.45, 2.75) is 111 Å². The minimum absolute atomic E-state index is 0.0216. The van der Waals surface area contributed by atoms with Crippen LogP contribution in [0.15, 0.2) is 11.0 Å². The van der Waals surface area contributed by atoms with E-state index in [1.54, 1.807) is 25.2 Å². The first-order valence-corrected chi connectivity index (χ1v) is 13.9. The lowest BCUT2D eigenvalue weighted by Gasteiger charge is -2.35. The fraction of sp³-hybridized carbons (Fsp3) is 0.750. The van der Waals surface area contributed by atoms with Crippen molar-refractivity contribution < 1.29 is 19.4 Å². The summed E-state index contributed by atoms with van der Waals surface area (Å²) in [5.74, 6) is 0.164. The third-order valence-corrected chi connectivity index (χ3v) is 9.45. The lowest BCUT2D eigenvalue weighted by molar-refractivity contribution is -0.141. The first kappa shape index (κ1) is 28.0. The Balaban J connectivity index is 1.85. The van der Waals surface area contributed by atoms with E-state index in [1.807, 2.05) is 32.2 Å². The standard InChI is InChI=1S/C28H44N2O4S/c1-16-10-9-11-28(8)24(34-28)13-22(17(2)12-21-15-35-20(5)29-21)30-25(32)14-23(31)27(6,7)26(33)19(4)18(16)3/h12,15-16,18-19,22-24,31H,9-11,13-14H2,1-8H3,(H,30,32)/b17-12+. The number of Topliss-reactive ketones (excluding diaryl/α,β-unsaturated/α-hetero) is 1. The summed E-state index contributed by atoms with van der Waals surface area (Å²) in [6.45, 7) is 16.0. The SMILES string of the molecule is C/C(=C\c1csc(C)n1)C1CC2OC2(C)CCCC(C)C(C)C(C)C(=O)C(C)(C)C(O)CC(=O)N1. The molecular weight excluding hydrogens is 460 g/mol. The van der Waals surface area contributed by atoms with Crippen LogP contribution < -0.4 is 5.32 Å². The number of hydrogen-bond donors (Lipinski definition) is 2. The Morgan fingerprint density at radius 3 is 2.57 bits per heavy atom. The van der Waals surface area contributed by atoms with Crippen molar-refractivity contribution in [2.75, 3.05) is 0 Å². The molecule has 0 radical (unpaired) electrons. The fourth-order valence-electron chi connectivity index (χ4n) is 5.37. The average molecular weight is 505 g/mol. The number of carbonyl (C=O) groups is 2. The maximum absolute atomic E-state index is 13.4. The molecule has 0 saturated carbocycles. The molecule has 0 bridgehead atoms. The summed E-state index contributed by atoms with van der Waals surface area (Å²) in [5.41, 5.74) is 0.709. The van der Waals surface area contributed by atoms with E-state index in [0.717, 1.165) is 35.5 Å². The number of aryl methyl sites for hydroxylation is 1. The number of nitrogens with zero attached hydrogens (tertiary/aromatic N) is 1. The van der Waals surface area contributed by atoms with Gasteiger partial charge in [0.1, 0.15) is 5.78 Å². The average Bonchev–Trinajstić information content (AvgIpc) is 3.22. The second-order valence-electron chi connectivity index (χ2n) is 11.8. The zero-order valence-corrected chi connectivity index (χ0v) is 23.5. The third kappa shape index (κ3) is 6.60. The molecule has 3 rings (SSSR count). The number of epoxide rings is 1. The van der Waals surface area contributed by atoms with Crippen molar-refractivity contribution in [1.82, 2.24) is 10.3 Å². The minimum Gasteiger partial charge on any atom is -0.392 e. The smallest absolute Gasteiger partial charge is 0.223 e. The van der Waals surface area contributed by atoms with Crippen molar-refractivity contribution >= 4 is 29.1 Å². The lowest BCUT2D eigenvalue weighted by Crippen LogP contribution is -2.46. The van der Waals surface area contributed by atoms with Gasteiger partial charge in [-0.05, 0) is 50.7 Å². The molecule has 196 valence electrons. The minimum atomic E-state index is -1.05. The second-order valence-corrected chi connectivity index (χ2v) is 12.8. The molecule has 0 aliphatic carbocycles. The van der Waals surface area contributed by atoms with Crippen LogP contribution in [0.5, 0.6) is 0 Å². The van der Waals surface area contributed by atoms with Crippen molar-refractivity contribution in [3.63, 3.8) is 0 Å². The van der Waals surface area contributed by atoms with Crippen LogP contribution >= 0.6 is 11.3 Å². The number of thiazole rings is 1. The topological polar surface area (TPSA) is 91.8 Å². The number of amides is 1. The van der Waals surface area contributed by atoms with Gasteiger partial charge in [0, 0.05) is 17.7 Å². The van der Waals surface area contributed by atoms with Gasteiger partial charge in [-0.1, -0.05) is 47.5 Å². The van der Waals surface area contributed by atoms with Gasteiger partial charge in [0.25, 0.3) is 0 Å². The zero-order chi connectivity index (χ0) is 26.1. The molecule has 6 nitrogen and oxygen atoms in total. The Morgan fingerprint density at radius 1 is 1.26 bits per heavy atom. The van der Waals surface area contributed by atoms with E-state index >= 15 is 0 Å². The maximum Gasteiger partial charge on any atom is 0.223 e. The Labute approximate surface area is 214 Å². The van der Waals surface area contributed by atoms with E-state index in [-0.39, 0.29) is 47.7 Å². The van der Waals surface area contributed by atoms with Crippen LogP contribution in [0.1, 0.15) is 91.3 Å². The van der Waals surface area contributed by atoms with Crippen molar-refractivity contribution in [3.05, 3.63) is 21.7 Å². The molecule has 2 aliphatic heterocycles. The van der Waals surface area contributed by atoms with Gasteiger partial charge in [0.15, 0.2) is 0 Å². The van der Waals surface area contributed by atoms with Gasteiger partial charge in [-0.2, -0.15) is 0 Å². The van der Waals surface area contributed by atoms with E-state index in [2.05, 4.69) is 31.1 Å². The number of ether oxygens (including phenoxy) is 1. The van der Waals surface area contributed by atoms with Crippen LogP contribution in [0.25, 0.3) is 6.08 Å². The molecule has 7 heteroatoms. The molecule has 2 saturated heterocycles. The summed E-state index contributed by atoms with van der Waals surface area (Å²) in [4.78, 5) is 31.0. The summed E-state index contributed by atoms with van der Waals surface area (Å²) in [6.07, 6.45) is 4.65. The van der Waals surface area contributed by atoms with Gasteiger partial charge >= 0.3 is 0 Å². The number of aliphatic hydroxyl groups excluding tert-OH is 1. The van der Waals surface area contributed by atoms with Gasteiger partial charge < -0.3 is 15.2 Å². The predicted molar refractivity (Wildman–Crippen MR) is 141 cm³/mol. The summed E-state index contributed by atoms with van der Waals surface area (Å²) < 4.78 is 6.16. The molecule has 1 amide bonds. The summed E-state index contributed by atoms with van der Waals surface area (Å²) in [6, 6.07) is -0.229. The molecule has 2 N–H and O–H groups in total. The normalized spacial score (nSPS) is 37.5. The second kappa shape index (κ2) is 10.8. The molecule has 3 heterocycles. The number of aliphatic hydroxyl groups is 1. The predicted octanol–water partition coefficient (Wildman–Crippen LogP) is 5.33. The molecule has 7 atom stereocenters. The first-order chi connectivity index (χ1) is 16.2. The quantitative estimate of drug-likeness (QED) is 0.532. The highest BCUT2D eigenvalue weighted by atomic mass is 32.1. The Kier molecular flexibility index (Phi) is 8.65. The van der Waals surface area contributed by atoms with Crippen molar-refractivity contribution in [1.29, 1.82) is 0 Å². The molecule has 7 unspecified atom stereocenters. The Bertz CT molecular complexity index is 955. The lowest BCUT2D eigenvalue weighted by atomic mass is 9.70. The van der Waals surface area contributed by atoms with Gasteiger partial charge in [-0.25, -0.2) is 4.98 Å². The van der Waals surface area contributed by atoms with E-state index < -0.39 is 11.5 Å². The number of nitrogens with one attached hydrogen (secondary N) is 1. The number of rotatable bonds is 2. The molecule has 2 aliphatic rings. The zero-order valence-electron chi connectivity index (χ0n) is 22.7. The van der Waals surface area contributed by atoms with Crippen LogP contribution in [0, 0.1) is 30.1 Å². The summed E-state index contributed by atoms with van der Waals surface area (Å²) in [5, 5.41) is 17.1. The molecule has 35 heavy (non-hydrogen) atoms. The number of hydrogen-bond acceptors (Lipinski definition) is 6. The van der Waals surface area contributed by atoms with E-state index in [1.165, 1.54) is 0 Å². The fourth-order valence-corrected chi connectivity index (χ4v) is 5.94. The number of fused-ring (bicyclic) bond motifs is 1. The van der Waals surface area contributed by atoms with E-state index in [0.29, 0.717) is 12.3 Å². The van der Waals surface area contributed by atoms with Gasteiger partial charge in [0.2, 0.25) is 5.91 Å². The van der Waals surface area contributed by atoms with Gasteiger partial charge in [-0.15, -0.1) is 11.3 Å². The summed E-state index contributed by atoms with van der Waals surface area (Å²) >= 11 is 1.60. The van der Waals surface area contributed by atoms with E-state index in [4.69, 9.17) is 4.74 Å². The monoisotopic (exact) mass is 504 g/mol. The van der Waals surface area contributed by atoms with Crippen LogP contribution in [-0.4, -0.2) is 45.6 Å². The molecular formula is C28H44N2O4S. The third-order valence-electron chi connectivity index (χ3n) is 8.66.